The topological polar surface area (TPSA) is 29.5 Å². The third-order valence-electron chi connectivity index (χ3n) is 4.11. The third kappa shape index (κ3) is 4.34. The molecular formula is C19H20ClNO2. The molecule has 1 saturated heterocycles. The maximum atomic E-state index is 12.6. The van der Waals surface area contributed by atoms with E-state index in [0.717, 1.165) is 12.8 Å². The van der Waals surface area contributed by atoms with Crippen molar-refractivity contribution in [1.29, 1.82) is 0 Å². The fraction of sp³-hybridized carbons (Fsp3) is 0.316. The normalized spacial score (nSPS) is 18.0. The molecule has 2 aromatic carbocycles. The molecular weight excluding hydrogens is 310 g/mol. The molecule has 1 aliphatic heterocycles. The van der Waals surface area contributed by atoms with E-state index in [4.69, 9.17) is 16.3 Å². The van der Waals surface area contributed by atoms with Crippen LogP contribution in [0.1, 0.15) is 22.3 Å². The Labute approximate surface area is 141 Å². The molecule has 2 aromatic rings. The van der Waals surface area contributed by atoms with E-state index in [1.807, 2.05) is 23.1 Å². The molecule has 1 fully saturated rings. The largest absolute Gasteiger partial charge is 0.375 e. The molecule has 0 radical (unpaired) electrons. The number of carbonyl (C=O) groups excluding carboxylic acids is 1. The van der Waals surface area contributed by atoms with Crippen molar-refractivity contribution in [3.63, 3.8) is 0 Å². The van der Waals surface area contributed by atoms with Gasteiger partial charge in [-0.3, -0.25) is 4.79 Å². The minimum Gasteiger partial charge on any atom is -0.375 e. The van der Waals surface area contributed by atoms with Gasteiger partial charge < -0.3 is 9.64 Å². The average Bonchev–Trinajstić information content (AvgIpc) is 2.61. The maximum absolute atomic E-state index is 12.6. The number of ether oxygens (including phenoxy) is 1. The lowest BCUT2D eigenvalue weighted by Gasteiger charge is -2.33. The summed E-state index contributed by atoms with van der Waals surface area (Å²) in [7, 11) is 0. The summed E-state index contributed by atoms with van der Waals surface area (Å²) in [4.78, 5) is 14.4. The molecule has 0 spiro atoms. The molecule has 1 heterocycles. The van der Waals surface area contributed by atoms with Gasteiger partial charge in [0.15, 0.2) is 0 Å². The van der Waals surface area contributed by atoms with Crippen LogP contribution in [0.5, 0.6) is 0 Å². The molecule has 4 heteroatoms. The van der Waals surface area contributed by atoms with Crippen LogP contribution < -0.4 is 0 Å². The van der Waals surface area contributed by atoms with E-state index >= 15 is 0 Å². The summed E-state index contributed by atoms with van der Waals surface area (Å²) >= 11 is 5.88. The number of rotatable bonds is 4. The van der Waals surface area contributed by atoms with E-state index < -0.39 is 0 Å². The molecule has 0 aliphatic carbocycles. The Balaban J connectivity index is 1.57. The Kier molecular flexibility index (Phi) is 5.31. The highest BCUT2D eigenvalue weighted by atomic mass is 35.5. The van der Waals surface area contributed by atoms with Crippen molar-refractivity contribution in [2.24, 2.45) is 0 Å². The van der Waals surface area contributed by atoms with Gasteiger partial charge in [0, 0.05) is 23.7 Å². The number of hydrogen-bond acceptors (Lipinski definition) is 2. The number of nitrogens with zero attached hydrogens (tertiary/aromatic N) is 1. The van der Waals surface area contributed by atoms with Crippen LogP contribution in [-0.2, 0) is 11.2 Å². The second-order valence-electron chi connectivity index (χ2n) is 5.78. The molecule has 1 atom stereocenters. The van der Waals surface area contributed by atoms with E-state index in [1.54, 1.807) is 24.3 Å². The van der Waals surface area contributed by atoms with Crippen LogP contribution in [0.2, 0.25) is 5.02 Å². The Hall–Kier alpha value is -1.84. The SMILES string of the molecule is O=C(c1ccc(Cl)cc1)N1CCOC(CCc2ccccc2)C1. The molecule has 0 N–H and O–H groups in total. The van der Waals surface area contributed by atoms with Crippen molar-refractivity contribution < 1.29 is 9.53 Å². The Morgan fingerprint density at radius 2 is 1.87 bits per heavy atom. The third-order valence-corrected chi connectivity index (χ3v) is 4.37. The van der Waals surface area contributed by atoms with Crippen molar-refractivity contribution in [2.45, 2.75) is 18.9 Å². The Morgan fingerprint density at radius 3 is 2.61 bits per heavy atom. The van der Waals surface area contributed by atoms with Crippen LogP contribution in [0, 0.1) is 0 Å². The van der Waals surface area contributed by atoms with Crippen molar-refractivity contribution >= 4 is 17.5 Å². The minimum atomic E-state index is 0.0506. The van der Waals surface area contributed by atoms with E-state index in [0.29, 0.717) is 30.3 Å². The number of benzene rings is 2. The van der Waals surface area contributed by atoms with Crippen LogP contribution in [0.4, 0.5) is 0 Å². The Morgan fingerprint density at radius 1 is 1.13 bits per heavy atom. The lowest BCUT2D eigenvalue weighted by molar-refractivity contribution is -0.0246. The lowest BCUT2D eigenvalue weighted by atomic mass is 10.1. The molecule has 0 saturated carbocycles. The zero-order valence-electron chi connectivity index (χ0n) is 13.0. The van der Waals surface area contributed by atoms with E-state index in [2.05, 4.69) is 12.1 Å². The molecule has 0 aromatic heterocycles. The predicted octanol–water partition coefficient (Wildman–Crippen LogP) is 3.81. The fourth-order valence-corrected chi connectivity index (χ4v) is 2.95. The van der Waals surface area contributed by atoms with Crippen LogP contribution in [-0.4, -0.2) is 36.6 Å². The number of morpholine rings is 1. The van der Waals surface area contributed by atoms with Crippen molar-refractivity contribution in [2.75, 3.05) is 19.7 Å². The van der Waals surface area contributed by atoms with E-state index in [1.165, 1.54) is 5.56 Å². The fourth-order valence-electron chi connectivity index (χ4n) is 2.83. The first-order valence-electron chi connectivity index (χ1n) is 7.93. The van der Waals surface area contributed by atoms with Gasteiger partial charge in [-0.05, 0) is 42.7 Å². The van der Waals surface area contributed by atoms with Gasteiger partial charge in [-0.15, -0.1) is 0 Å². The van der Waals surface area contributed by atoms with Gasteiger partial charge in [-0.25, -0.2) is 0 Å². The Bertz CT molecular complexity index is 642. The predicted molar refractivity (Wildman–Crippen MR) is 91.9 cm³/mol. The first-order valence-corrected chi connectivity index (χ1v) is 8.30. The zero-order chi connectivity index (χ0) is 16.1. The molecule has 3 nitrogen and oxygen atoms in total. The van der Waals surface area contributed by atoms with Gasteiger partial charge in [0.1, 0.15) is 0 Å². The summed E-state index contributed by atoms with van der Waals surface area (Å²) in [6.07, 6.45) is 1.99. The van der Waals surface area contributed by atoms with Crippen molar-refractivity contribution in [1.82, 2.24) is 4.90 Å². The monoisotopic (exact) mass is 329 g/mol. The highest BCUT2D eigenvalue weighted by Gasteiger charge is 2.24. The average molecular weight is 330 g/mol. The molecule has 1 amide bonds. The van der Waals surface area contributed by atoms with Crippen LogP contribution in [0.3, 0.4) is 0 Å². The van der Waals surface area contributed by atoms with Crippen LogP contribution >= 0.6 is 11.6 Å². The van der Waals surface area contributed by atoms with Crippen LogP contribution in [0.25, 0.3) is 0 Å². The standard InChI is InChI=1S/C19H20ClNO2/c20-17-9-7-16(8-10-17)19(22)21-12-13-23-18(14-21)11-6-15-4-2-1-3-5-15/h1-5,7-10,18H,6,11-14H2. The van der Waals surface area contributed by atoms with Crippen molar-refractivity contribution in [3.8, 4) is 0 Å². The van der Waals surface area contributed by atoms with E-state index in [9.17, 15) is 4.79 Å². The molecule has 120 valence electrons. The summed E-state index contributed by atoms with van der Waals surface area (Å²) in [6.45, 7) is 1.89. The summed E-state index contributed by atoms with van der Waals surface area (Å²) < 4.78 is 5.82. The van der Waals surface area contributed by atoms with E-state index in [-0.39, 0.29) is 12.0 Å². The van der Waals surface area contributed by atoms with Crippen molar-refractivity contribution in [3.05, 3.63) is 70.7 Å². The highest BCUT2D eigenvalue weighted by molar-refractivity contribution is 6.30. The molecule has 23 heavy (non-hydrogen) atoms. The molecule has 1 unspecified atom stereocenters. The second kappa shape index (κ2) is 7.62. The van der Waals surface area contributed by atoms with Gasteiger partial charge in [0.2, 0.25) is 0 Å². The molecule has 3 rings (SSSR count). The van der Waals surface area contributed by atoms with Crippen LogP contribution in [0.15, 0.2) is 54.6 Å². The molecule has 1 aliphatic rings. The number of amides is 1. The van der Waals surface area contributed by atoms with Gasteiger partial charge >= 0.3 is 0 Å². The first-order chi connectivity index (χ1) is 11.2. The minimum absolute atomic E-state index is 0.0506. The van der Waals surface area contributed by atoms with Gasteiger partial charge in [0.05, 0.1) is 12.7 Å². The summed E-state index contributed by atoms with van der Waals surface area (Å²) in [5, 5.41) is 0.643. The van der Waals surface area contributed by atoms with Gasteiger partial charge in [0.25, 0.3) is 5.91 Å². The summed E-state index contributed by atoms with van der Waals surface area (Å²) in [5.41, 5.74) is 1.98. The number of halogens is 1. The number of hydrogen-bond donors (Lipinski definition) is 0. The molecule has 0 bridgehead atoms. The zero-order valence-corrected chi connectivity index (χ0v) is 13.7. The lowest BCUT2D eigenvalue weighted by Crippen LogP contribution is -2.45. The summed E-state index contributed by atoms with van der Waals surface area (Å²) in [6, 6.07) is 17.4. The van der Waals surface area contributed by atoms with Gasteiger partial charge in [-0.1, -0.05) is 41.9 Å². The smallest absolute Gasteiger partial charge is 0.254 e. The number of aryl methyl sites for hydroxylation is 1. The quantitative estimate of drug-likeness (QED) is 0.853. The maximum Gasteiger partial charge on any atom is 0.254 e. The van der Waals surface area contributed by atoms with Gasteiger partial charge in [-0.2, -0.15) is 0 Å². The number of carbonyl (C=O) groups is 1. The summed E-state index contributed by atoms with van der Waals surface area (Å²) in [5.74, 6) is 0.0506. The highest BCUT2D eigenvalue weighted by Crippen LogP contribution is 2.16. The second-order valence-corrected chi connectivity index (χ2v) is 6.21. The first kappa shape index (κ1) is 16.0.